The summed E-state index contributed by atoms with van der Waals surface area (Å²) in [6.07, 6.45) is 8.63. The van der Waals surface area contributed by atoms with Gasteiger partial charge in [0.2, 0.25) is 0 Å². The minimum Gasteiger partial charge on any atom is -0.368 e. The number of piperazine rings is 1. The van der Waals surface area contributed by atoms with E-state index in [1.807, 2.05) is 40.9 Å². The van der Waals surface area contributed by atoms with E-state index in [9.17, 15) is 10.1 Å². The zero-order valence-corrected chi connectivity index (χ0v) is 19.3. The van der Waals surface area contributed by atoms with Crippen molar-refractivity contribution in [2.75, 3.05) is 55.8 Å². The van der Waals surface area contributed by atoms with Crippen molar-refractivity contribution in [3.8, 4) is 6.07 Å². The Hall–Kier alpha value is -3.05. The number of benzene rings is 2. The molecule has 4 aliphatic heterocycles. The molecule has 2 saturated heterocycles. The fourth-order valence-corrected chi connectivity index (χ4v) is 6.45. The van der Waals surface area contributed by atoms with Gasteiger partial charge in [-0.05, 0) is 18.2 Å². The average molecular weight is 457 g/mol. The van der Waals surface area contributed by atoms with Crippen LogP contribution < -0.4 is 4.90 Å². The van der Waals surface area contributed by atoms with Crippen LogP contribution in [0.3, 0.4) is 0 Å². The number of thioether (sulfide) groups is 1. The highest BCUT2D eigenvalue weighted by Crippen LogP contribution is 2.39. The number of carbonyl (C=O) groups is 1. The molecule has 0 spiro atoms. The fraction of sp³-hybridized carbons (Fsp3) is 0.308. The van der Waals surface area contributed by atoms with Crippen LogP contribution in [0.25, 0.3) is 10.8 Å². The van der Waals surface area contributed by atoms with Crippen molar-refractivity contribution in [2.45, 2.75) is 0 Å². The maximum absolute atomic E-state index is 13.1. The van der Waals surface area contributed by atoms with Crippen LogP contribution in [-0.4, -0.2) is 71.3 Å². The van der Waals surface area contributed by atoms with Crippen molar-refractivity contribution >= 4 is 34.1 Å². The highest BCUT2D eigenvalue weighted by molar-refractivity contribution is 7.99. The van der Waals surface area contributed by atoms with Gasteiger partial charge in [0.05, 0.1) is 36.2 Å². The summed E-state index contributed by atoms with van der Waals surface area (Å²) in [6, 6.07) is 14.5. The number of carbonyl (C=O) groups excluding carboxylic acids is 1. The number of allylic oxidation sites excluding steroid dienone is 3. The van der Waals surface area contributed by atoms with E-state index >= 15 is 0 Å². The molecule has 33 heavy (non-hydrogen) atoms. The van der Waals surface area contributed by atoms with Gasteiger partial charge < -0.3 is 9.80 Å². The summed E-state index contributed by atoms with van der Waals surface area (Å²) in [5.41, 5.74) is 4.04. The summed E-state index contributed by atoms with van der Waals surface area (Å²) in [5, 5.41) is 14.1. The van der Waals surface area contributed by atoms with Gasteiger partial charge in [0.15, 0.2) is 5.70 Å². The van der Waals surface area contributed by atoms with E-state index in [1.54, 1.807) is 0 Å². The summed E-state index contributed by atoms with van der Waals surface area (Å²) in [6.45, 7) is 5.19. The van der Waals surface area contributed by atoms with Gasteiger partial charge in [-0.1, -0.05) is 24.3 Å². The highest BCUT2D eigenvalue weighted by Gasteiger charge is 2.47. The van der Waals surface area contributed by atoms with Crippen LogP contribution in [0.2, 0.25) is 0 Å². The first-order valence-electron chi connectivity index (χ1n) is 11.5. The number of anilines is 1. The predicted molar refractivity (Wildman–Crippen MR) is 132 cm³/mol. The molecule has 4 heterocycles. The Labute approximate surface area is 198 Å². The number of nitriles is 1. The molecule has 1 atom stereocenters. The molecule has 0 radical (unpaired) electrons. The zero-order chi connectivity index (χ0) is 22.4. The minimum absolute atomic E-state index is 0.198. The third kappa shape index (κ3) is 3.29. The maximum Gasteiger partial charge on any atom is 0.256 e. The summed E-state index contributed by atoms with van der Waals surface area (Å²) >= 11 is 1.83. The van der Waals surface area contributed by atoms with Gasteiger partial charge >= 0.3 is 0 Å². The Morgan fingerprint density at radius 3 is 2.61 bits per heavy atom. The monoisotopic (exact) mass is 456 g/mol. The minimum atomic E-state index is 0.198. The first-order chi connectivity index (χ1) is 16.2. The molecule has 6 rings (SSSR count). The van der Waals surface area contributed by atoms with Crippen molar-refractivity contribution in [3.05, 3.63) is 77.7 Å². The number of hydrogen-bond donors (Lipinski definition) is 0. The van der Waals surface area contributed by atoms with E-state index in [0.29, 0.717) is 11.1 Å². The second-order valence-electron chi connectivity index (χ2n) is 8.92. The van der Waals surface area contributed by atoms with Crippen LogP contribution in [0, 0.1) is 11.3 Å². The summed E-state index contributed by atoms with van der Waals surface area (Å²) in [5.74, 6) is 2.04. The first kappa shape index (κ1) is 20.5. The van der Waals surface area contributed by atoms with Gasteiger partial charge in [-0.2, -0.15) is 9.85 Å². The molecule has 0 bridgehead atoms. The van der Waals surface area contributed by atoms with Crippen molar-refractivity contribution < 1.29 is 9.39 Å². The molecule has 1 amide bonds. The zero-order valence-electron chi connectivity index (χ0n) is 18.5. The molecule has 0 aromatic heterocycles. The standard InChI is InChI=1S/C26H26N5OS/c27-17-20-7-8-25(24-6-2-1-5-23(20)24)28-9-11-30(12-10-28)31-14-3-4-22(31)16-21(18-31)26(32)29-13-15-33-19-29/h1-8,14,16H,9-13,15,18-19H2/q+1/t31-/m1/s1. The number of hydrogen-bond acceptors (Lipinski definition) is 5. The summed E-state index contributed by atoms with van der Waals surface area (Å²) in [4.78, 5) is 17.5. The number of fused-ring (bicyclic) bond motifs is 2. The molecule has 2 aromatic rings. The summed E-state index contributed by atoms with van der Waals surface area (Å²) in [7, 11) is 0. The number of rotatable bonds is 3. The van der Waals surface area contributed by atoms with E-state index in [1.165, 1.54) is 11.4 Å². The molecular formula is C26H26N5OS+. The largest absolute Gasteiger partial charge is 0.368 e. The molecule has 4 aliphatic rings. The van der Waals surface area contributed by atoms with E-state index in [-0.39, 0.29) is 5.91 Å². The van der Waals surface area contributed by atoms with Gasteiger partial charge in [0.1, 0.15) is 12.7 Å². The third-order valence-electron chi connectivity index (χ3n) is 7.22. The molecule has 0 aliphatic carbocycles. The van der Waals surface area contributed by atoms with E-state index in [4.69, 9.17) is 0 Å². The molecule has 0 N–H and O–H groups in total. The lowest BCUT2D eigenvalue weighted by Crippen LogP contribution is -2.60. The Bertz CT molecular complexity index is 1260. The molecule has 2 aromatic carbocycles. The summed E-state index contributed by atoms with van der Waals surface area (Å²) < 4.78 is 0.643. The predicted octanol–water partition coefficient (Wildman–Crippen LogP) is 3.45. The third-order valence-corrected chi connectivity index (χ3v) is 8.18. The number of amides is 1. The Balaban J connectivity index is 1.21. The fourth-order valence-electron chi connectivity index (χ4n) is 5.50. The number of quaternary nitrogens is 1. The van der Waals surface area contributed by atoms with E-state index in [2.05, 4.69) is 52.5 Å². The van der Waals surface area contributed by atoms with Gasteiger partial charge in [0, 0.05) is 54.0 Å². The smallest absolute Gasteiger partial charge is 0.256 e. The highest BCUT2D eigenvalue weighted by atomic mass is 32.2. The van der Waals surface area contributed by atoms with Gasteiger partial charge in [-0.15, -0.1) is 16.8 Å². The molecule has 166 valence electrons. The van der Waals surface area contributed by atoms with Crippen molar-refractivity contribution in [1.29, 1.82) is 5.26 Å². The van der Waals surface area contributed by atoms with Crippen molar-refractivity contribution in [3.63, 3.8) is 0 Å². The van der Waals surface area contributed by atoms with Crippen LogP contribution >= 0.6 is 11.8 Å². The quantitative estimate of drug-likeness (QED) is 0.663. The maximum atomic E-state index is 13.1. The first-order valence-corrected chi connectivity index (χ1v) is 12.6. The number of nitrogens with zero attached hydrogens (tertiary/aromatic N) is 5. The Kier molecular flexibility index (Phi) is 5.02. The van der Waals surface area contributed by atoms with Crippen molar-refractivity contribution in [2.24, 2.45) is 0 Å². The molecular weight excluding hydrogens is 430 g/mol. The molecule has 7 heteroatoms. The lowest BCUT2D eigenvalue weighted by molar-refractivity contribution is -0.948. The van der Waals surface area contributed by atoms with Crippen LogP contribution in [0.1, 0.15) is 5.56 Å². The average Bonchev–Trinajstić information content (AvgIpc) is 3.60. The van der Waals surface area contributed by atoms with E-state index in [0.717, 1.165) is 66.3 Å². The molecule has 0 unspecified atom stereocenters. The Morgan fingerprint density at radius 2 is 1.85 bits per heavy atom. The van der Waals surface area contributed by atoms with E-state index < -0.39 is 0 Å². The molecule has 6 nitrogen and oxygen atoms in total. The SMILES string of the molecule is N#Cc1ccc(N2CCN([N@@+]34C=CC=C3C=C(C(=O)N3CCSC3)C4)CC2)c2ccccc12. The topological polar surface area (TPSA) is 50.6 Å². The van der Waals surface area contributed by atoms with Crippen LogP contribution in [0.15, 0.2) is 72.1 Å². The molecule has 0 saturated carbocycles. The molecule has 2 fully saturated rings. The van der Waals surface area contributed by atoms with Crippen LogP contribution in [-0.2, 0) is 4.79 Å². The lowest BCUT2D eigenvalue weighted by atomic mass is 10.0. The van der Waals surface area contributed by atoms with Crippen molar-refractivity contribution in [1.82, 2.24) is 9.91 Å². The van der Waals surface area contributed by atoms with Crippen LogP contribution in [0.4, 0.5) is 5.69 Å². The van der Waals surface area contributed by atoms with Gasteiger partial charge in [0.25, 0.3) is 5.91 Å². The second kappa shape index (κ2) is 8.07. The lowest BCUT2D eigenvalue weighted by Gasteiger charge is -2.44. The van der Waals surface area contributed by atoms with Crippen LogP contribution in [0.5, 0.6) is 0 Å². The van der Waals surface area contributed by atoms with Gasteiger partial charge in [-0.3, -0.25) is 4.79 Å². The second-order valence-corrected chi connectivity index (χ2v) is 10.00. The van der Waals surface area contributed by atoms with Gasteiger partial charge in [-0.25, -0.2) is 0 Å². The Morgan fingerprint density at radius 1 is 1.03 bits per heavy atom. The normalized spacial score (nSPS) is 24.7.